The highest BCUT2D eigenvalue weighted by Gasteiger charge is 2.23. The van der Waals surface area contributed by atoms with E-state index in [0.717, 1.165) is 31.2 Å². The third-order valence-corrected chi connectivity index (χ3v) is 4.92. The largest absolute Gasteiger partial charge is 0.489 e. The molecule has 0 unspecified atom stereocenters. The van der Waals surface area contributed by atoms with E-state index in [9.17, 15) is 14.4 Å². The first-order valence-electron chi connectivity index (χ1n) is 10.1. The van der Waals surface area contributed by atoms with Gasteiger partial charge in [-0.15, -0.1) is 0 Å². The molecule has 7 heteroatoms. The van der Waals surface area contributed by atoms with Crippen molar-refractivity contribution < 1.29 is 23.9 Å². The van der Waals surface area contributed by atoms with Gasteiger partial charge in [0.25, 0.3) is 5.91 Å². The summed E-state index contributed by atoms with van der Waals surface area (Å²) in [6.07, 6.45) is 2.88. The van der Waals surface area contributed by atoms with Gasteiger partial charge in [-0.1, -0.05) is 43.2 Å². The lowest BCUT2D eigenvalue weighted by atomic mass is 10.2. The second-order valence-corrected chi connectivity index (χ2v) is 7.29. The molecule has 0 aromatic heterocycles. The molecule has 2 aromatic rings. The lowest BCUT2D eigenvalue weighted by Gasteiger charge is -2.15. The summed E-state index contributed by atoms with van der Waals surface area (Å²) in [5.74, 6) is -0.699. The van der Waals surface area contributed by atoms with Gasteiger partial charge in [0.1, 0.15) is 12.4 Å². The van der Waals surface area contributed by atoms with Crippen molar-refractivity contribution in [1.82, 2.24) is 10.6 Å². The highest BCUT2D eigenvalue weighted by Crippen LogP contribution is 2.17. The minimum absolute atomic E-state index is 0.0956. The van der Waals surface area contributed by atoms with Gasteiger partial charge in [-0.25, -0.2) is 9.59 Å². The van der Waals surface area contributed by atoms with Crippen molar-refractivity contribution in [3.8, 4) is 5.75 Å². The first kappa shape index (κ1) is 21.4. The number of rotatable bonds is 7. The molecule has 1 aliphatic rings. The maximum Gasteiger partial charge on any atom is 0.338 e. The van der Waals surface area contributed by atoms with Gasteiger partial charge in [0, 0.05) is 6.04 Å². The van der Waals surface area contributed by atoms with Crippen LogP contribution in [0.1, 0.15) is 48.5 Å². The number of benzene rings is 2. The Labute approximate surface area is 175 Å². The van der Waals surface area contributed by atoms with Crippen molar-refractivity contribution in [1.29, 1.82) is 0 Å². The van der Waals surface area contributed by atoms with Crippen molar-refractivity contribution in [2.45, 2.75) is 51.4 Å². The fourth-order valence-electron chi connectivity index (χ4n) is 3.22. The molecule has 0 heterocycles. The Kier molecular flexibility index (Phi) is 7.43. The number of nitrogens with one attached hydrogen (secondary N) is 2. The van der Waals surface area contributed by atoms with Crippen molar-refractivity contribution in [2.75, 3.05) is 0 Å². The number of hydrogen-bond acceptors (Lipinski definition) is 5. The number of esters is 1. The van der Waals surface area contributed by atoms with E-state index in [4.69, 9.17) is 9.47 Å². The lowest BCUT2D eigenvalue weighted by Crippen LogP contribution is -2.47. The van der Waals surface area contributed by atoms with Crippen LogP contribution < -0.4 is 15.4 Å². The van der Waals surface area contributed by atoms with E-state index in [-0.39, 0.29) is 11.6 Å². The van der Waals surface area contributed by atoms with Crippen molar-refractivity contribution >= 4 is 17.9 Å². The second-order valence-electron chi connectivity index (χ2n) is 7.29. The van der Waals surface area contributed by atoms with Gasteiger partial charge in [0.05, 0.1) is 5.56 Å². The van der Waals surface area contributed by atoms with Crippen LogP contribution in [0.3, 0.4) is 0 Å². The second kappa shape index (κ2) is 10.4. The summed E-state index contributed by atoms with van der Waals surface area (Å²) >= 11 is 0. The maximum absolute atomic E-state index is 12.3. The van der Waals surface area contributed by atoms with Gasteiger partial charge in [-0.05, 0) is 49.6 Å². The molecular weight excluding hydrogens is 384 g/mol. The molecule has 0 radical (unpaired) electrons. The number of carbonyl (C=O) groups is 3. The summed E-state index contributed by atoms with van der Waals surface area (Å²) in [5.41, 5.74) is 1.33. The zero-order valence-corrected chi connectivity index (χ0v) is 16.9. The molecule has 1 atom stereocenters. The van der Waals surface area contributed by atoms with Gasteiger partial charge < -0.3 is 14.8 Å². The van der Waals surface area contributed by atoms with Gasteiger partial charge in [-0.3, -0.25) is 10.1 Å². The number of amides is 3. The molecule has 1 fully saturated rings. The SMILES string of the molecule is C[C@@H](OC(=O)c1ccc(OCc2ccccc2)cc1)C(=O)NC(=O)NC1CCCC1. The highest BCUT2D eigenvalue weighted by atomic mass is 16.5. The summed E-state index contributed by atoms with van der Waals surface area (Å²) in [4.78, 5) is 36.2. The van der Waals surface area contributed by atoms with Crippen LogP contribution >= 0.6 is 0 Å². The molecule has 158 valence electrons. The fourth-order valence-corrected chi connectivity index (χ4v) is 3.22. The summed E-state index contributed by atoms with van der Waals surface area (Å²) in [6.45, 7) is 1.85. The average molecular weight is 410 g/mol. The minimum atomic E-state index is -1.10. The molecule has 0 spiro atoms. The predicted molar refractivity (Wildman–Crippen MR) is 111 cm³/mol. The Morgan fingerprint density at radius 1 is 1.00 bits per heavy atom. The van der Waals surface area contributed by atoms with Crippen LogP contribution in [0.15, 0.2) is 54.6 Å². The summed E-state index contributed by atoms with van der Waals surface area (Å²) in [6, 6.07) is 15.7. The van der Waals surface area contributed by atoms with Gasteiger partial charge in [-0.2, -0.15) is 0 Å². The third-order valence-electron chi connectivity index (χ3n) is 4.92. The number of carbonyl (C=O) groups excluding carboxylic acids is 3. The molecule has 1 saturated carbocycles. The molecule has 0 bridgehead atoms. The van der Waals surface area contributed by atoms with Crippen LogP contribution in [-0.2, 0) is 16.1 Å². The van der Waals surface area contributed by atoms with Crippen molar-refractivity contribution in [3.05, 3.63) is 65.7 Å². The van der Waals surface area contributed by atoms with E-state index >= 15 is 0 Å². The van der Waals surface area contributed by atoms with E-state index in [2.05, 4.69) is 10.6 Å². The van der Waals surface area contributed by atoms with E-state index < -0.39 is 24.0 Å². The Balaban J connectivity index is 1.44. The normalized spacial score (nSPS) is 14.6. The van der Waals surface area contributed by atoms with Crippen LogP contribution in [0.2, 0.25) is 0 Å². The van der Waals surface area contributed by atoms with Gasteiger partial charge in [0.15, 0.2) is 6.10 Å². The zero-order valence-electron chi connectivity index (χ0n) is 16.9. The standard InChI is InChI=1S/C23H26N2O5/c1-16(21(26)25-23(28)24-19-9-5-6-10-19)30-22(27)18-11-13-20(14-12-18)29-15-17-7-3-2-4-8-17/h2-4,7-8,11-14,16,19H,5-6,9-10,15H2,1H3,(H2,24,25,26,28)/t16-/m1/s1. The van der Waals surface area contributed by atoms with Crippen molar-refractivity contribution in [3.63, 3.8) is 0 Å². The Bertz CT molecular complexity index is 861. The number of hydrogen-bond donors (Lipinski definition) is 2. The minimum Gasteiger partial charge on any atom is -0.489 e. The Hall–Kier alpha value is -3.35. The number of ether oxygens (including phenoxy) is 2. The van der Waals surface area contributed by atoms with Crippen LogP contribution in [0.5, 0.6) is 5.75 Å². The Morgan fingerprint density at radius 2 is 1.67 bits per heavy atom. The first-order valence-corrected chi connectivity index (χ1v) is 10.1. The highest BCUT2D eigenvalue weighted by molar-refractivity contribution is 5.98. The summed E-state index contributed by atoms with van der Waals surface area (Å²) in [5, 5.41) is 4.97. The first-order chi connectivity index (χ1) is 14.5. The van der Waals surface area contributed by atoms with Gasteiger partial charge in [0.2, 0.25) is 0 Å². The van der Waals surface area contributed by atoms with Crippen LogP contribution in [0.4, 0.5) is 4.79 Å². The van der Waals surface area contributed by atoms with E-state index in [1.165, 1.54) is 6.92 Å². The molecule has 7 nitrogen and oxygen atoms in total. The Morgan fingerprint density at radius 3 is 2.33 bits per heavy atom. The summed E-state index contributed by atoms with van der Waals surface area (Å²) < 4.78 is 10.9. The molecule has 3 rings (SSSR count). The van der Waals surface area contributed by atoms with Crippen LogP contribution in [-0.4, -0.2) is 30.1 Å². The van der Waals surface area contributed by atoms with Crippen LogP contribution in [0.25, 0.3) is 0 Å². The quantitative estimate of drug-likeness (QED) is 0.681. The van der Waals surface area contributed by atoms with Crippen molar-refractivity contribution in [2.24, 2.45) is 0 Å². The third kappa shape index (κ3) is 6.34. The summed E-state index contributed by atoms with van der Waals surface area (Å²) in [7, 11) is 0. The molecule has 1 aliphatic carbocycles. The zero-order chi connectivity index (χ0) is 21.3. The fraction of sp³-hybridized carbons (Fsp3) is 0.348. The molecule has 2 N–H and O–H groups in total. The molecule has 0 aliphatic heterocycles. The van der Waals surface area contributed by atoms with E-state index in [1.54, 1.807) is 24.3 Å². The molecule has 3 amide bonds. The topological polar surface area (TPSA) is 93.7 Å². The lowest BCUT2D eigenvalue weighted by molar-refractivity contribution is -0.127. The average Bonchev–Trinajstić information content (AvgIpc) is 3.26. The van der Waals surface area contributed by atoms with Crippen LogP contribution in [0, 0.1) is 0 Å². The number of urea groups is 1. The molecule has 0 saturated heterocycles. The van der Waals surface area contributed by atoms with E-state index in [0.29, 0.717) is 12.4 Å². The molecular formula is C23H26N2O5. The maximum atomic E-state index is 12.3. The number of imide groups is 1. The molecule has 30 heavy (non-hydrogen) atoms. The monoisotopic (exact) mass is 410 g/mol. The predicted octanol–water partition coefficient (Wildman–Crippen LogP) is 3.58. The molecule has 2 aromatic carbocycles. The van der Waals surface area contributed by atoms with Gasteiger partial charge >= 0.3 is 12.0 Å². The smallest absolute Gasteiger partial charge is 0.338 e. The van der Waals surface area contributed by atoms with E-state index in [1.807, 2.05) is 30.3 Å².